The molecule has 0 aliphatic carbocycles. The smallest absolute Gasteiger partial charge is 0.338 e. The van der Waals surface area contributed by atoms with Crippen molar-refractivity contribution >= 4 is 14.0 Å². The average molecular weight is 385 g/mol. The first-order valence-electron chi connectivity index (χ1n) is 8.72. The Morgan fingerprint density at radius 3 is 2.35 bits per heavy atom. The maximum absolute atomic E-state index is 12.0. The van der Waals surface area contributed by atoms with Gasteiger partial charge in [-0.2, -0.15) is 0 Å². The van der Waals surface area contributed by atoms with E-state index in [2.05, 4.69) is 19.6 Å². The van der Waals surface area contributed by atoms with Gasteiger partial charge in [0.05, 0.1) is 5.56 Å². The fraction of sp³-hybridized carbons (Fsp3) is 0.611. The number of benzene rings is 1. The van der Waals surface area contributed by atoms with E-state index in [1.54, 1.807) is 30.3 Å². The van der Waals surface area contributed by atoms with Gasteiger partial charge in [-0.25, -0.2) is 4.79 Å². The Morgan fingerprint density at radius 1 is 1.08 bits per heavy atom. The zero-order valence-corrected chi connectivity index (χ0v) is 16.4. The monoisotopic (exact) mass is 384 g/mol. The summed E-state index contributed by atoms with van der Waals surface area (Å²) < 4.78 is 16.3. The van der Waals surface area contributed by atoms with Crippen LogP contribution in [0.15, 0.2) is 30.3 Å². The minimum Gasteiger partial charge on any atom is -0.459 e. The molecule has 2 rings (SSSR count). The number of carbonyl (C=O) groups is 1. The van der Waals surface area contributed by atoms with Crippen LogP contribution in [0.5, 0.6) is 0 Å². The van der Waals surface area contributed by atoms with E-state index in [9.17, 15) is 20.1 Å². The molecule has 0 saturated carbocycles. The molecule has 26 heavy (non-hydrogen) atoms. The average Bonchev–Trinajstić information content (AvgIpc) is 2.60. The van der Waals surface area contributed by atoms with E-state index in [0.717, 1.165) is 6.04 Å². The van der Waals surface area contributed by atoms with Crippen molar-refractivity contribution in [2.45, 2.75) is 56.4 Å². The molecule has 1 fully saturated rings. The molecule has 1 heterocycles. The van der Waals surface area contributed by atoms with E-state index < -0.39 is 44.7 Å². The molecular weight excluding hydrogens is 356 g/mol. The van der Waals surface area contributed by atoms with Gasteiger partial charge in [0.1, 0.15) is 31.0 Å². The summed E-state index contributed by atoms with van der Waals surface area (Å²) >= 11 is 0. The van der Waals surface area contributed by atoms with Crippen LogP contribution in [0.3, 0.4) is 0 Å². The maximum Gasteiger partial charge on any atom is 0.338 e. The van der Waals surface area contributed by atoms with Gasteiger partial charge in [-0.15, -0.1) is 0 Å². The van der Waals surface area contributed by atoms with Crippen LogP contribution in [0.4, 0.5) is 0 Å². The third-order valence-corrected chi connectivity index (χ3v) is 5.89. The predicted octanol–water partition coefficient (Wildman–Crippen LogP) is 1.01. The summed E-state index contributed by atoms with van der Waals surface area (Å²) in [4.78, 5) is 12.0. The molecule has 1 aliphatic rings. The van der Waals surface area contributed by atoms with Gasteiger partial charge in [-0.1, -0.05) is 37.8 Å². The highest BCUT2D eigenvalue weighted by molar-refractivity contribution is 6.76. The molecule has 1 saturated heterocycles. The number of carbonyl (C=O) groups excluding carboxylic acids is 1. The number of esters is 1. The van der Waals surface area contributed by atoms with Crippen molar-refractivity contribution in [1.82, 2.24) is 0 Å². The van der Waals surface area contributed by atoms with Crippen LogP contribution in [-0.4, -0.2) is 73.3 Å². The molecule has 1 aromatic rings. The molecule has 5 atom stereocenters. The van der Waals surface area contributed by atoms with Crippen LogP contribution >= 0.6 is 0 Å². The van der Waals surface area contributed by atoms with Crippen molar-refractivity contribution in [3.05, 3.63) is 35.9 Å². The number of aliphatic hydroxyl groups excluding tert-OH is 3. The van der Waals surface area contributed by atoms with E-state index in [4.69, 9.17) is 14.2 Å². The van der Waals surface area contributed by atoms with E-state index in [1.807, 2.05) is 0 Å². The zero-order chi connectivity index (χ0) is 19.3. The van der Waals surface area contributed by atoms with Gasteiger partial charge in [0.25, 0.3) is 0 Å². The lowest BCUT2D eigenvalue weighted by Gasteiger charge is -2.40. The molecule has 1 aromatic carbocycles. The Morgan fingerprint density at radius 2 is 1.73 bits per heavy atom. The molecule has 0 spiro atoms. The number of hydrogen-bond donors (Lipinski definition) is 3. The first kappa shape index (κ1) is 21.0. The lowest BCUT2D eigenvalue weighted by atomic mass is 9.99. The molecule has 8 heteroatoms. The summed E-state index contributed by atoms with van der Waals surface area (Å²) in [6.45, 7) is 6.71. The highest BCUT2D eigenvalue weighted by Gasteiger charge is 2.44. The number of ether oxygens (including phenoxy) is 3. The Bertz CT molecular complexity index is 575. The molecule has 3 N–H and O–H groups in total. The third kappa shape index (κ3) is 5.87. The van der Waals surface area contributed by atoms with Crippen molar-refractivity contribution < 1.29 is 34.3 Å². The fourth-order valence-electron chi connectivity index (χ4n) is 2.49. The molecule has 146 valence electrons. The van der Waals surface area contributed by atoms with Crippen LogP contribution in [-0.2, 0) is 14.2 Å². The second-order valence-electron chi connectivity index (χ2n) is 7.66. The van der Waals surface area contributed by atoms with Gasteiger partial charge in [-0.05, 0) is 18.2 Å². The Labute approximate surface area is 154 Å². The number of aliphatic hydroxyl groups is 3. The molecule has 0 aromatic heterocycles. The number of rotatable bonds is 7. The van der Waals surface area contributed by atoms with Gasteiger partial charge in [-0.3, -0.25) is 0 Å². The van der Waals surface area contributed by atoms with Crippen molar-refractivity contribution in [2.24, 2.45) is 0 Å². The van der Waals surface area contributed by atoms with Crippen LogP contribution in [0.2, 0.25) is 25.7 Å². The van der Waals surface area contributed by atoms with Crippen molar-refractivity contribution in [3.63, 3.8) is 0 Å². The maximum atomic E-state index is 12.0. The molecule has 7 nitrogen and oxygen atoms in total. The Kier molecular flexibility index (Phi) is 7.33. The Balaban J connectivity index is 1.91. The zero-order valence-electron chi connectivity index (χ0n) is 15.4. The number of hydrogen-bond acceptors (Lipinski definition) is 7. The minimum absolute atomic E-state index is 0.257. The fourth-order valence-corrected chi connectivity index (χ4v) is 3.22. The molecule has 0 unspecified atom stereocenters. The van der Waals surface area contributed by atoms with Gasteiger partial charge in [0.2, 0.25) is 0 Å². The van der Waals surface area contributed by atoms with E-state index in [0.29, 0.717) is 12.2 Å². The molecule has 0 bridgehead atoms. The van der Waals surface area contributed by atoms with E-state index in [1.165, 1.54) is 0 Å². The van der Waals surface area contributed by atoms with Gasteiger partial charge in [0.15, 0.2) is 6.29 Å². The molecule has 0 radical (unpaired) electrons. The highest BCUT2D eigenvalue weighted by Crippen LogP contribution is 2.23. The minimum atomic E-state index is -1.44. The van der Waals surface area contributed by atoms with Crippen LogP contribution < -0.4 is 0 Å². The summed E-state index contributed by atoms with van der Waals surface area (Å²) in [5, 5.41) is 30.2. The van der Waals surface area contributed by atoms with Gasteiger partial charge >= 0.3 is 5.97 Å². The summed E-state index contributed by atoms with van der Waals surface area (Å²) in [6, 6.07) is 9.30. The molecule has 1 aliphatic heterocycles. The van der Waals surface area contributed by atoms with Crippen LogP contribution in [0.1, 0.15) is 10.4 Å². The topological polar surface area (TPSA) is 105 Å². The standard InChI is InChI=1S/C18H28O7Si/c1-26(2,3)10-9-23-18-16(21)15(20)14(19)13(25-18)11-24-17(22)12-7-5-4-6-8-12/h4-8,13-16,18-21H,9-11H2,1-3H3/t13-,14+,15+,16-,18+/m1/s1. The van der Waals surface area contributed by atoms with Crippen molar-refractivity contribution in [3.8, 4) is 0 Å². The van der Waals surface area contributed by atoms with E-state index in [-0.39, 0.29) is 6.61 Å². The predicted molar refractivity (Wildman–Crippen MR) is 97.5 cm³/mol. The van der Waals surface area contributed by atoms with E-state index >= 15 is 0 Å². The molecular formula is C18H28O7Si. The lowest BCUT2D eigenvalue weighted by Crippen LogP contribution is -2.59. The third-order valence-electron chi connectivity index (χ3n) is 4.19. The lowest BCUT2D eigenvalue weighted by molar-refractivity contribution is -0.299. The summed E-state index contributed by atoms with van der Waals surface area (Å²) in [6.07, 6.45) is -6.26. The normalized spacial score (nSPS) is 29.4. The quantitative estimate of drug-likeness (QED) is 0.476. The second kappa shape index (κ2) is 9.07. The largest absolute Gasteiger partial charge is 0.459 e. The van der Waals surface area contributed by atoms with Crippen molar-refractivity contribution in [1.29, 1.82) is 0 Å². The summed E-state index contributed by atoms with van der Waals surface area (Å²) in [5.41, 5.74) is 0.376. The summed E-state index contributed by atoms with van der Waals surface area (Å²) in [7, 11) is -1.32. The molecule has 0 amide bonds. The van der Waals surface area contributed by atoms with Gasteiger partial charge < -0.3 is 29.5 Å². The SMILES string of the molecule is C[Si](C)(C)CCO[C@H]1O[C@H](COC(=O)c2ccccc2)[C@H](O)[C@H](O)[C@H]1O. The Hall–Kier alpha value is -1.29. The van der Waals surface area contributed by atoms with Crippen LogP contribution in [0.25, 0.3) is 0 Å². The highest BCUT2D eigenvalue weighted by atomic mass is 28.3. The van der Waals surface area contributed by atoms with Gasteiger partial charge in [0, 0.05) is 14.7 Å². The second-order valence-corrected chi connectivity index (χ2v) is 13.3. The summed E-state index contributed by atoms with van der Waals surface area (Å²) in [5.74, 6) is -0.557. The van der Waals surface area contributed by atoms with Crippen molar-refractivity contribution in [2.75, 3.05) is 13.2 Å². The first-order chi connectivity index (χ1) is 12.2. The van der Waals surface area contributed by atoms with Crippen LogP contribution in [0, 0.1) is 0 Å². The first-order valence-corrected chi connectivity index (χ1v) is 12.4.